The molecule has 2 aromatic rings. The smallest absolute Gasteiger partial charge is 0.337 e. The molecule has 0 unspecified atom stereocenters. The Bertz CT molecular complexity index is 877. The van der Waals surface area contributed by atoms with E-state index in [1.807, 2.05) is 6.07 Å². The van der Waals surface area contributed by atoms with Crippen molar-refractivity contribution in [3.8, 4) is 0 Å². The van der Waals surface area contributed by atoms with E-state index in [0.29, 0.717) is 16.9 Å². The Labute approximate surface area is 150 Å². The van der Waals surface area contributed by atoms with Gasteiger partial charge in [-0.25, -0.2) is 9.80 Å². The van der Waals surface area contributed by atoms with Gasteiger partial charge in [-0.3, -0.25) is 15.0 Å². The molecule has 26 heavy (non-hydrogen) atoms. The van der Waals surface area contributed by atoms with Crippen LogP contribution in [0.4, 0.5) is 11.4 Å². The molecule has 0 spiro atoms. The van der Waals surface area contributed by atoms with Crippen LogP contribution in [0, 0.1) is 0 Å². The molecule has 0 atom stereocenters. The van der Waals surface area contributed by atoms with Gasteiger partial charge in [0, 0.05) is 12.1 Å². The van der Waals surface area contributed by atoms with Crippen LogP contribution in [0.3, 0.4) is 0 Å². The lowest BCUT2D eigenvalue weighted by Gasteiger charge is -2.28. The Kier molecular flexibility index (Phi) is 4.98. The summed E-state index contributed by atoms with van der Waals surface area (Å²) in [5.74, 6) is -1.07. The van der Waals surface area contributed by atoms with E-state index in [-0.39, 0.29) is 18.0 Å². The van der Waals surface area contributed by atoms with Crippen molar-refractivity contribution in [2.45, 2.75) is 6.42 Å². The standard InChI is InChI=1S/C19H17N3O4/c1-26-19(25)13-6-5-7-14(12-13)20-18(24)16-10-11-17(23)22(21-16)15-8-3-2-4-9-15/h2-10,12,21H,11H2,1H3,(H,20,24). The number of esters is 1. The van der Waals surface area contributed by atoms with E-state index >= 15 is 0 Å². The zero-order valence-corrected chi connectivity index (χ0v) is 14.1. The van der Waals surface area contributed by atoms with E-state index in [2.05, 4.69) is 15.5 Å². The Balaban J connectivity index is 1.74. The van der Waals surface area contributed by atoms with Crippen LogP contribution in [0.2, 0.25) is 0 Å². The van der Waals surface area contributed by atoms with Gasteiger partial charge < -0.3 is 10.1 Å². The van der Waals surface area contributed by atoms with Crippen LogP contribution in [-0.4, -0.2) is 24.9 Å². The number of hydrogen-bond acceptors (Lipinski definition) is 5. The van der Waals surface area contributed by atoms with Gasteiger partial charge in [-0.1, -0.05) is 24.3 Å². The third-order valence-corrected chi connectivity index (χ3v) is 3.76. The van der Waals surface area contributed by atoms with Gasteiger partial charge in [-0.15, -0.1) is 0 Å². The predicted molar refractivity (Wildman–Crippen MR) is 96.2 cm³/mol. The molecule has 0 aromatic heterocycles. The number of anilines is 2. The topological polar surface area (TPSA) is 87.7 Å². The van der Waals surface area contributed by atoms with Gasteiger partial charge in [0.15, 0.2) is 0 Å². The van der Waals surface area contributed by atoms with Crippen molar-refractivity contribution in [3.05, 3.63) is 71.9 Å². The Morgan fingerprint density at radius 3 is 2.62 bits per heavy atom. The van der Waals surface area contributed by atoms with Crippen molar-refractivity contribution in [2.24, 2.45) is 0 Å². The molecule has 2 amide bonds. The first-order chi connectivity index (χ1) is 12.6. The van der Waals surface area contributed by atoms with Crippen molar-refractivity contribution >= 4 is 29.2 Å². The Hall–Kier alpha value is -3.61. The maximum Gasteiger partial charge on any atom is 0.337 e. The van der Waals surface area contributed by atoms with Crippen LogP contribution in [0.5, 0.6) is 0 Å². The average molecular weight is 351 g/mol. The number of methoxy groups -OCH3 is 1. The molecule has 0 fully saturated rings. The maximum atomic E-state index is 12.5. The van der Waals surface area contributed by atoms with E-state index in [1.54, 1.807) is 42.5 Å². The molecule has 2 aromatic carbocycles. The van der Waals surface area contributed by atoms with Gasteiger partial charge in [0.2, 0.25) is 5.91 Å². The summed E-state index contributed by atoms with van der Waals surface area (Å²) >= 11 is 0. The number of benzene rings is 2. The van der Waals surface area contributed by atoms with Gasteiger partial charge >= 0.3 is 5.97 Å². The fraction of sp³-hybridized carbons (Fsp3) is 0.105. The fourth-order valence-electron chi connectivity index (χ4n) is 2.48. The average Bonchev–Trinajstić information content (AvgIpc) is 2.68. The first-order valence-electron chi connectivity index (χ1n) is 7.93. The van der Waals surface area contributed by atoms with Crippen LogP contribution in [0.15, 0.2) is 66.4 Å². The monoisotopic (exact) mass is 351 g/mol. The number of para-hydroxylation sites is 1. The molecule has 1 heterocycles. The van der Waals surface area contributed by atoms with Crippen LogP contribution in [0.1, 0.15) is 16.8 Å². The molecule has 0 saturated heterocycles. The van der Waals surface area contributed by atoms with E-state index in [9.17, 15) is 14.4 Å². The number of nitrogens with one attached hydrogen (secondary N) is 2. The molecule has 1 aliphatic rings. The molecule has 7 heteroatoms. The summed E-state index contributed by atoms with van der Waals surface area (Å²) in [6.07, 6.45) is 1.63. The number of hydrogen-bond donors (Lipinski definition) is 2. The third-order valence-electron chi connectivity index (χ3n) is 3.76. The van der Waals surface area contributed by atoms with Gasteiger partial charge in [0.25, 0.3) is 5.91 Å². The fourth-order valence-corrected chi connectivity index (χ4v) is 2.48. The molecule has 7 nitrogen and oxygen atoms in total. The first-order valence-corrected chi connectivity index (χ1v) is 7.93. The number of rotatable bonds is 4. The lowest BCUT2D eigenvalue weighted by Crippen LogP contribution is -2.47. The highest BCUT2D eigenvalue weighted by atomic mass is 16.5. The Morgan fingerprint density at radius 1 is 1.12 bits per heavy atom. The van der Waals surface area contributed by atoms with Crippen LogP contribution in [0.25, 0.3) is 0 Å². The van der Waals surface area contributed by atoms with Crippen molar-refractivity contribution in [1.29, 1.82) is 0 Å². The zero-order chi connectivity index (χ0) is 18.5. The SMILES string of the molecule is COC(=O)c1cccc(NC(=O)C2=CCC(=O)N(c3ccccc3)N2)c1. The molecule has 2 N–H and O–H groups in total. The van der Waals surface area contributed by atoms with Gasteiger partial charge in [-0.2, -0.15) is 0 Å². The highest BCUT2D eigenvalue weighted by Crippen LogP contribution is 2.18. The molecule has 3 rings (SSSR count). The van der Waals surface area contributed by atoms with Crippen molar-refractivity contribution in [3.63, 3.8) is 0 Å². The molecule has 1 aliphatic heterocycles. The summed E-state index contributed by atoms with van der Waals surface area (Å²) in [7, 11) is 1.29. The molecule has 0 radical (unpaired) electrons. The summed E-state index contributed by atoms with van der Waals surface area (Å²) in [6, 6.07) is 15.4. The number of carbonyl (C=O) groups is 3. The summed E-state index contributed by atoms with van der Waals surface area (Å²) in [5.41, 5.74) is 4.50. The van der Waals surface area contributed by atoms with E-state index in [0.717, 1.165) is 0 Å². The van der Waals surface area contributed by atoms with Gasteiger partial charge in [-0.05, 0) is 36.4 Å². The van der Waals surface area contributed by atoms with Gasteiger partial charge in [0.05, 0.1) is 18.4 Å². The maximum absolute atomic E-state index is 12.5. The predicted octanol–water partition coefficient (Wildman–Crippen LogP) is 2.24. The zero-order valence-electron chi connectivity index (χ0n) is 14.1. The second-order valence-electron chi connectivity index (χ2n) is 5.52. The quantitative estimate of drug-likeness (QED) is 0.825. The minimum absolute atomic E-state index is 0.104. The number of amides is 2. The third kappa shape index (κ3) is 3.72. The second-order valence-corrected chi connectivity index (χ2v) is 5.52. The highest BCUT2D eigenvalue weighted by molar-refractivity contribution is 6.07. The molecule has 0 aliphatic carbocycles. The molecular formula is C19H17N3O4. The highest BCUT2D eigenvalue weighted by Gasteiger charge is 2.24. The number of carbonyl (C=O) groups excluding carboxylic acids is 3. The normalized spacial score (nSPS) is 13.5. The summed E-state index contributed by atoms with van der Waals surface area (Å²) in [4.78, 5) is 36.2. The van der Waals surface area contributed by atoms with Crippen LogP contribution >= 0.6 is 0 Å². The lowest BCUT2D eigenvalue weighted by molar-refractivity contribution is -0.119. The van der Waals surface area contributed by atoms with Crippen LogP contribution < -0.4 is 15.8 Å². The van der Waals surface area contributed by atoms with E-state index in [1.165, 1.54) is 24.3 Å². The summed E-state index contributed by atoms with van der Waals surface area (Å²) in [6.45, 7) is 0. The van der Waals surface area contributed by atoms with Crippen molar-refractivity contribution in [2.75, 3.05) is 17.4 Å². The molecule has 0 saturated carbocycles. The summed E-state index contributed by atoms with van der Waals surface area (Å²) < 4.78 is 4.67. The van der Waals surface area contributed by atoms with E-state index in [4.69, 9.17) is 0 Å². The second kappa shape index (κ2) is 7.52. The minimum Gasteiger partial charge on any atom is -0.465 e. The minimum atomic E-state index is -0.489. The molecule has 0 bridgehead atoms. The largest absolute Gasteiger partial charge is 0.465 e. The number of nitrogens with zero attached hydrogens (tertiary/aromatic N) is 1. The number of ether oxygens (including phenoxy) is 1. The van der Waals surface area contributed by atoms with Crippen molar-refractivity contribution in [1.82, 2.24) is 5.43 Å². The van der Waals surface area contributed by atoms with E-state index < -0.39 is 11.9 Å². The van der Waals surface area contributed by atoms with Gasteiger partial charge in [0.1, 0.15) is 5.70 Å². The number of hydrazine groups is 1. The molecule has 132 valence electrons. The summed E-state index contributed by atoms with van der Waals surface area (Å²) in [5, 5.41) is 4.04. The van der Waals surface area contributed by atoms with Crippen molar-refractivity contribution < 1.29 is 19.1 Å². The Morgan fingerprint density at radius 2 is 1.88 bits per heavy atom. The first kappa shape index (κ1) is 17.2. The molecular weight excluding hydrogens is 334 g/mol. The lowest BCUT2D eigenvalue weighted by atomic mass is 10.2. The van der Waals surface area contributed by atoms with Crippen LogP contribution in [-0.2, 0) is 14.3 Å².